The van der Waals surface area contributed by atoms with Gasteiger partial charge in [-0.2, -0.15) is 5.26 Å². The van der Waals surface area contributed by atoms with Crippen molar-refractivity contribution in [2.45, 2.75) is 19.9 Å². The number of hydrogen-bond donors (Lipinski definition) is 1. The van der Waals surface area contributed by atoms with Crippen LogP contribution in [0.25, 0.3) is 0 Å². The molecule has 1 N–H and O–H groups in total. The molecule has 1 unspecified atom stereocenters. The summed E-state index contributed by atoms with van der Waals surface area (Å²) in [7, 11) is 0. The second-order valence-electron chi connectivity index (χ2n) is 4.23. The molecule has 0 fully saturated rings. The number of hydrogen-bond acceptors (Lipinski definition) is 4. The summed E-state index contributed by atoms with van der Waals surface area (Å²) in [5, 5.41) is 12.6. The van der Waals surface area contributed by atoms with E-state index in [1.54, 1.807) is 19.1 Å². The van der Waals surface area contributed by atoms with Crippen molar-refractivity contribution in [2.24, 2.45) is 0 Å². The van der Waals surface area contributed by atoms with Crippen LogP contribution in [0.5, 0.6) is 0 Å². The Morgan fingerprint density at radius 1 is 1.32 bits per heavy atom. The number of nitrogens with zero attached hydrogens (tertiary/aromatic N) is 3. The summed E-state index contributed by atoms with van der Waals surface area (Å²) in [4.78, 5) is 8.28. The third kappa shape index (κ3) is 3.43. The van der Waals surface area contributed by atoms with E-state index in [0.717, 1.165) is 5.56 Å². The van der Waals surface area contributed by atoms with Crippen LogP contribution in [0.2, 0.25) is 5.15 Å². The Labute approximate surface area is 117 Å². The molecular weight excluding hydrogens is 260 g/mol. The maximum atomic E-state index is 8.90. The van der Waals surface area contributed by atoms with Gasteiger partial charge in [0, 0.05) is 12.1 Å². The smallest absolute Gasteiger partial charge is 0.134 e. The van der Waals surface area contributed by atoms with Crippen LogP contribution < -0.4 is 5.32 Å². The van der Waals surface area contributed by atoms with E-state index in [-0.39, 0.29) is 6.04 Å². The number of benzene rings is 1. The molecule has 0 amide bonds. The Balaban J connectivity index is 2.20. The van der Waals surface area contributed by atoms with Crippen LogP contribution in [-0.4, -0.2) is 9.97 Å². The molecule has 4 nitrogen and oxygen atoms in total. The van der Waals surface area contributed by atoms with E-state index in [1.165, 1.54) is 0 Å². The fraction of sp³-hybridized carbons (Fsp3) is 0.214. The van der Waals surface area contributed by atoms with Gasteiger partial charge in [0.05, 0.1) is 11.6 Å². The summed E-state index contributed by atoms with van der Waals surface area (Å²) in [6, 6.07) is 11.3. The topological polar surface area (TPSA) is 61.6 Å². The Bertz CT molecular complexity index is 613. The lowest BCUT2D eigenvalue weighted by molar-refractivity contribution is 0.866. The summed E-state index contributed by atoms with van der Waals surface area (Å²) in [5.74, 6) is 1.29. The van der Waals surface area contributed by atoms with E-state index < -0.39 is 0 Å². The fourth-order valence-corrected chi connectivity index (χ4v) is 2.01. The predicted octanol–water partition coefficient (Wildman–Crippen LogP) is 3.48. The zero-order valence-corrected chi connectivity index (χ0v) is 11.4. The second kappa shape index (κ2) is 5.68. The lowest BCUT2D eigenvalue weighted by Crippen LogP contribution is -2.09. The molecule has 2 rings (SSSR count). The first kappa shape index (κ1) is 13.3. The SMILES string of the molecule is Cc1nc(Cl)cc(NC(C)c2cccc(C#N)c2)n1. The number of halogens is 1. The van der Waals surface area contributed by atoms with E-state index in [9.17, 15) is 0 Å². The molecule has 1 heterocycles. The lowest BCUT2D eigenvalue weighted by Gasteiger charge is -2.15. The van der Waals surface area contributed by atoms with Crippen LogP contribution in [-0.2, 0) is 0 Å². The zero-order chi connectivity index (χ0) is 13.8. The number of anilines is 1. The largest absolute Gasteiger partial charge is 0.363 e. The van der Waals surface area contributed by atoms with Crippen LogP contribution in [0.4, 0.5) is 5.82 Å². The third-order valence-corrected chi connectivity index (χ3v) is 2.88. The van der Waals surface area contributed by atoms with Crippen molar-refractivity contribution in [3.8, 4) is 6.07 Å². The van der Waals surface area contributed by atoms with Crippen molar-refractivity contribution >= 4 is 17.4 Å². The molecule has 1 aromatic heterocycles. The first-order valence-corrected chi connectivity index (χ1v) is 6.24. The monoisotopic (exact) mass is 272 g/mol. The van der Waals surface area contributed by atoms with Crippen LogP contribution in [0.1, 0.15) is 29.9 Å². The Hall–Kier alpha value is -2.12. The fourth-order valence-electron chi connectivity index (χ4n) is 1.79. The second-order valence-corrected chi connectivity index (χ2v) is 4.61. The average Bonchev–Trinajstić information content (AvgIpc) is 2.37. The van der Waals surface area contributed by atoms with Crippen LogP contribution in [0, 0.1) is 18.3 Å². The van der Waals surface area contributed by atoms with Crippen LogP contribution in [0.3, 0.4) is 0 Å². The molecule has 0 radical (unpaired) electrons. The first-order valence-electron chi connectivity index (χ1n) is 5.86. The summed E-state index contributed by atoms with van der Waals surface area (Å²) in [6.45, 7) is 3.79. The number of nitrogens with one attached hydrogen (secondary N) is 1. The highest BCUT2D eigenvalue weighted by molar-refractivity contribution is 6.29. The van der Waals surface area contributed by atoms with Gasteiger partial charge in [-0.3, -0.25) is 0 Å². The molecule has 0 saturated carbocycles. The van der Waals surface area contributed by atoms with Crippen molar-refractivity contribution < 1.29 is 0 Å². The molecule has 1 aromatic carbocycles. The highest BCUT2D eigenvalue weighted by atomic mass is 35.5. The van der Waals surface area contributed by atoms with Crippen LogP contribution >= 0.6 is 11.6 Å². The van der Waals surface area contributed by atoms with E-state index in [0.29, 0.717) is 22.4 Å². The molecule has 0 aliphatic rings. The molecule has 2 aromatic rings. The highest BCUT2D eigenvalue weighted by Crippen LogP contribution is 2.20. The zero-order valence-electron chi connectivity index (χ0n) is 10.7. The summed E-state index contributed by atoms with van der Waals surface area (Å²) in [5.41, 5.74) is 1.66. The van der Waals surface area contributed by atoms with Gasteiger partial charge >= 0.3 is 0 Å². The number of aryl methyl sites for hydroxylation is 1. The van der Waals surface area contributed by atoms with Gasteiger partial charge in [-0.15, -0.1) is 0 Å². The first-order chi connectivity index (χ1) is 9.08. The van der Waals surface area contributed by atoms with Crippen molar-refractivity contribution in [3.63, 3.8) is 0 Å². The minimum Gasteiger partial charge on any atom is -0.363 e. The van der Waals surface area contributed by atoms with Crippen molar-refractivity contribution in [1.29, 1.82) is 5.26 Å². The molecule has 0 bridgehead atoms. The molecular formula is C14H13ClN4. The number of rotatable bonds is 3. The minimum atomic E-state index is 0.0265. The summed E-state index contributed by atoms with van der Waals surface area (Å²) < 4.78 is 0. The molecule has 96 valence electrons. The van der Waals surface area contributed by atoms with E-state index in [4.69, 9.17) is 16.9 Å². The van der Waals surface area contributed by atoms with E-state index >= 15 is 0 Å². The van der Waals surface area contributed by atoms with Gasteiger partial charge < -0.3 is 5.32 Å². The molecule has 5 heteroatoms. The number of nitriles is 1. The normalized spacial score (nSPS) is 11.7. The Morgan fingerprint density at radius 2 is 2.11 bits per heavy atom. The molecule has 1 atom stereocenters. The van der Waals surface area contributed by atoms with Gasteiger partial charge in [0.2, 0.25) is 0 Å². The van der Waals surface area contributed by atoms with Gasteiger partial charge in [0.25, 0.3) is 0 Å². The Kier molecular flexibility index (Phi) is 3.98. The minimum absolute atomic E-state index is 0.0265. The van der Waals surface area contributed by atoms with Gasteiger partial charge in [0.1, 0.15) is 16.8 Å². The van der Waals surface area contributed by atoms with Crippen molar-refractivity contribution in [2.75, 3.05) is 5.32 Å². The standard InChI is InChI=1S/C14H13ClN4/c1-9(12-5-3-4-11(6-12)8-16)17-14-7-13(15)18-10(2)19-14/h3-7,9H,1-2H3,(H,17,18,19). The van der Waals surface area contributed by atoms with E-state index in [2.05, 4.69) is 21.4 Å². The Morgan fingerprint density at radius 3 is 2.79 bits per heavy atom. The van der Waals surface area contributed by atoms with Crippen molar-refractivity contribution in [1.82, 2.24) is 9.97 Å². The third-order valence-electron chi connectivity index (χ3n) is 2.69. The molecule has 0 spiro atoms. The van der Waals surface area contributed by atoms with Gasteiger partial charge in [-0.25, -0.2) is 9.97 Å². The number of aromatic nitrogens is 2. The molecule has 19 heavy (non-hydrogen) atoms. The lowest BCUT2D eigenvalue weighted by atomic mass is 10.1. The predicted molar refractivity (Wildman–Crippen MR) is 75.0 cm³/mol. The highest BCUT2D eigenvalue weighted by Gasteiger charge is 2.08. The van der Waals surface area contributed by atoms with Crippen molar-refractivity contribution in [3.05, 3.63) is 52.4 Å². The summed E-state index contributed by atoms with van der Waals surface area (Å²) >= 11 is 5.89. The van der Waals surface area contributed by atoms with Crippen LogP contribution in [0.15, 0.2) is 30.3 Å². The molecule has 0 aliphatic carbocycles. The quantitative estimate of drug-likeness (QED) is 0.869. The maximum Gasteiger partial charge on any atom is 0.134 e. The maximum absolute atomic E-state index is 8.90. The van der Waals surface area contributed by atoms with Gasteiger partial charge in [0.15, 0.2) is 0 Å². The molecule has 0 aliphatic heterocycles. The van der Waals surface area contributed by atoms with E-state index in [1.807, 2.05) is 25.1 Å². The summed E-state index contributed by atoms with van der Waals surface area (Å²) in [6.07, 6.45) is 0. The van der Waals surface area contributed by atoms with Gasteiger partial charge in [-0.1, -0.05) is 23.7 Å². The van der Waals surface area contributed by atoms with Gasteiger partial charge in [-0.05, 0) is 31.5 Å². The average molecular weight is 273 g/mol. The molecule has 0 saturated heterocycles.